The summed E-state index contributed by atoms with van der Waals surface area (Å²) in [6.07, 6.45) is 0. The minimum absolute atomic E-state index is 0.0130. The summed E-state index contributed by atoms with van der Waals surface area (Å²) in [5.41, 5.74) is -0.244. The molecule has 0 saturated heterocycles. The van der Waals surface area contributed by atoms with Crippen LogP contribution in [0.1, 0.15) is 11.1 Å². The maximum Gasteiger partial charge on any atom is 0.332 e. The molecule has 134 valence electrons. The van der Waals surface area contributed by atoms with Crippen molar-refractivity contribution in [3.63, 3.8) is 0 Å². The second-order valence-electron chi connectivity index (χ2n) is 5.90. The van der Waals surface area contributed by atoms with Crippen LogP contribution in [0.2, 0.25) is 0 Å². The molecular weight excluding hydrogens is 358 g/mol. The summed E-state index contributed by atoms with van der Waals surface area (Å²) in [6, 6.07) is 8.12. The van der Waals surface area contributed by atoms with Crippen LogP contribution in [0, 0.1) is 11.3 Å². The molecular formula is C16H15N5O4S. The van der Waals surface area contributed by atoms with E-state index in [1.165, 1.54) is 37.8 Å². The molecule has 3 aromatic rings. The zero-order chi connectivity index (χ0) is 19.2. The molecule has 0 saturated carbocycles. The smallest absolute Gasteiger partial charge is 0.312 e. The Kier molecular flexibility index (Phi) is 4.04. The van der Waals surface area contributed by atoms with E-state index in [4.69, 9.17) is 5.26 Å². The number of fused-ring (bicyclic) bond motifs is 1. The molecule has 0 aliphatic heterocycles. The topological polar surface area (TPSA) is 120 Å². The molecule has 0 bridgehead atoms. The molecule has 0 aliphatic rings. The molecule has 2 heterocycles. The van der Waals surface area contributed by atoms with Crippen molar-refractivity contribution in [3.8, 4) is 6.07 Å². The highest BCUT2D eigenvalue weighted by Gasteiger charge is 2.26. The molecule has 0 spiro atoms. The average molecular weight is 373 g/mol. The molecule has 0 aliphatic carbocycles. The van der Waals surface area contributed by atoms with Gasteiger partial charge in [-0.2, -0.15) is 10.2 Å². The number of hydrogen-bond acceptors (Lipinski definition) is 6. The van der Waals surface area contributed by atoms with Crippen molar-refractivity contribution in [1.82, 2.24) is 18.7 Å². The third-order valence-electron chi connectivity index (χ3n) is 4.15. The number of aromatic nitrogens is 4. The number of benzene rings is 1. The van der Waals surface area contributed by atoms with Crippen LogP contribution in [-0.4, -0.2) is 27.1 Å². The van der Waals surface area contributed by atoms with E-state index in [2.05, 4.69) is 4.98 Å². The monoisotopic (exact) mass is 373 g/mol. The van der Waals surface area contributed by atoms with Gasteiger partial charge in [0.1, 0.15) is 0 Å². The molecule has 9 nitrogen and oxygen atoms in total. The second kappa shape index (κ2) is 5.96. The van der Waals surface area contributed by atoms with E-state index in [-0.39, 0.29) is 22.1 Å². The zero-order valence-electron chi connectivity index (χ0n) is 14.3. The molecule has 2 aromatic heterocycles. The van der Waals surface area contributed by atoms with Crippen molar-refractivity contribution >= 4 is 21.0 Å². The molecule has 3 rings (SSSR count). The van der Waals surface area contributed by atoms with E-state index >= 15 is 0 Å². The fourth-order valence-electron chi connectivity index (χ4n) is 2.74. The maximum atomic E-state index is 12.8. The minimum atomic E-state index is -3.88. The van der Waals surface area contributed by atoms with E-state index in [9.17, 15) is 18.0 Å². The van der Waals surface area contributed by atoms with Crippen LogP contribution < -0.4 is 11.2 Å². The highest BCUT2D eigenvalue weighted by molar-refractivity contribution is 7.90. The van der Waals surface area contributed by atoms with Crippen molar-refractivity contribution in [3.05, 3.63) is 56.2 Å². The average Bonchev–Trinajstić information content (AvgIpc) is 2.97. The summed E-state index contributed by atoms with van der Waals surface area (Å²) in [5.74, 6) is -0.343. The third-order valence-corrected chi connectivity index (χ3v) is 5.79. The predicted octanol–water partition coefficient (Wildman–Crippen LogP) is -0.184. The van der Waals surface area contributed by atoms with Crippen LogP contribution in [0.5, 0.6) is 0 Å². The van der Waals surface area contributed by atoms with Gasteiger partial charge < -0.3 is 4.57 Å². The Morgan fingerprint density at radius 1 is 1.04 bits per heavy atom. The lowest BCUT2D eigenvalue weighted by Gasteiger charge is -2.05. The Labute approximate surface area is 148 Å². The number of aryl methyl sites for hydroxylation is 2. The molecule has 1 aromatic carbocycles. The largest absolute Gasteiger partial charge is 0.332 e. The first kappa shape index (κ1) is 17.6. The van der Waals surface area contributed by atoms with Crippen LogP contribution in [0.15, 0.2) is 39.0 Å². The van der Waals surface area contributed by atoms with Crippen LogP contribution in [0.25, 0.3) is 11.2 Å². The van der Waals surface area contributed by atoms with Gasteiger partial charge in [0.05, 0.1) is 17.4 Å². The van der Waals surface area contributed by atoms with Gasteiger partial charge in [-0.3, -0.25) is 13.9 Å². The van der Waals surface area contributed by atoms with Crippen molar-refractivity contribution < 1.29 is 8.42 Å². The van der Waals surface area contributed by atoms with Crippen molar-refractivity contribution in [2.24, 2.45) is 21.1 Å². The van der Waals surface area contributed by atoms with Crippen LogP contribution in [0.3, 0.4) is 0 Å². The van der Waals surface area contributed by atoms with E-state index in [0.29, 0.717) is 11.1 Å². The molecule has 0 unspecified atom stereocenters. The number of rotatable bonds is 3. The predicted molar refractivity (Wildman–Crippen MR) is 93.2 cm³/mol. The van der Waals surface area contributed by atoms with E-state index in [0.717, 1.165) is 9.13 Å². The zero-order valence-corrected chi connectivity index (χ0v) is 15.1. The summed E-state index contributed by atoms with van der Waals surface area (Å²) in [4.78, 5) is 28.4. The lowest BCUT2D eigenvalue weighted by Crippen LogP contribution is -2.37. The standard InChI is InChI=1S/C16H15N5O4S/c1-19-12-13(20(2)16(23)21(3)14(12)22)18-15(19)26(24,25)9-11-6-4-10(8-17)5-7-11/h4-7H,9H2,1-3H3. The third kappa shape index (κ3) is 2.62. The minimum Gasteiger partial charge on any atom is -0.312 e. The highest BCUT2D eigenvalue weighted by atomic mass is 32.2. The Morgan fingerprint density at radius 2 is 1.65 bits per heavy atom. The number of hydrogen-bond donors (Lipinski definition) is 0. The van der Waals surface area contributed by atoms with Crippen LogP contribution in [-0.2, 0) is 36.7 Å². The van der Waals surface area contributed by atoms with Crippen molar-refractivity contribution in [2.75, 3.05) is 0 Å². The molecule has 0 radical (unpaired) electrons. The SMILES string of the molecule is Cn1c(=O)c2c(nc(S(=O)(=O)Cc3ccc(C#N)cc3)n2C)n(C)c1=O. The van der Waals surface area contributed by atoms with Gasteiger partial charge in [0, 0.05) is 21.1 Å². The lowest BCUT2D eigenvalue weighted by atomic mass is 10.2. The van der Waals surface area contributed by atoms with E-state index < -0.39 is 21.1 Å². The normalized spacial score (nSPS) is 11.6. The van der Waals surface area contributed by atoms with E-state index in [1.807, 2.05) is 6.07 Å². The van der Waals surface area contributed by atoms with Gasteiger partial charge in [0.15, 0.2) is 11.2 Å². The number of imidazole rings is 1. The molecule has 0 amide bonds. The van der Waals surface area contributed by atoms with Crippen molar-refractivity contribution in [1.29, 1.82) is 5.26 Å². The first-order valence-corrected chi connectivity index (χ1v) is 9.17. The van der Waals surface area contributed by atoms with Gasteiger partial charge in [-0.05, 0) is 17.7 Å². The fraction of sp³-hybridized carbons (Fsp3) is 0.250. The number of nitriles is 1. The van der Waals surface area contributed by atoms with Gasteiger partial charge in [0.2, 0.25) is 15.0 Å². The maximum absolute atomic E-state index is 12.8. The molecule has 0 atom stereocenters. The quantitative estimate of drug-likeness (QED) is 0.628. The second-order valence-corrected chi connectivity index (χ2v) is 7.78. The Bertz CT molecular complexity index is 1290. The van der Waals surface area contributed by atoms with Crippen molar-refractivity contribution in [2.45, 2.75) is 10.9 Å². The highest BCUT2D eigenvalue weighted by Crippen LogP contribution is 2.19. The first-order valence-electron chi connectivity index (χ1n) is 7.51. The number of sulfone groups is 1. The molecule has 10 heteroatoms. The summed E-state index contributed by atoms with van der Waals surface area (Å²) >= 11 is 0. The van der Waals surface area contributed by atoms with Gasteiger partial charge in [-0.15, -0.1) is 0 Å². The lowest BCUT2D eigenvalue weighted by molar-refractivity contribution is 0.579. The van der Waals surface area contributed by atoms with Crippen LogP contribution in [0.4, 0.5) is 0 Å². The Morgan fingerprint density at radius 3 is 2.23 bits per heavy atom. The summed E-state index contributed by atoms with van der Waals surface area (Å²) in [5, 5.41) is 8.52. The molecule has 0 N–H and O–H groups in total. The summed E-state index contributed by atoms with van der Waals surface area (Å²) in [7, 11) is 0.290. The first-order chi connectivity index (χ1) is 12.2. The van der Waals surface area contributed by atoms with Crippen LogP contribution >= 0.6 is 0 Å². The van der Waals surface area contributed by atoms with Gasteiger partial charge >= 0.3 is 5.69 Å². The summed E-state index contributed by atoms with van der Waals surface area (Å²) < 4.78 is 28.8. The summed E-state index contributed by atoms with van der Waals surface area (Å²) in [6.45, 7) is 0. The van der Waals surface area contributed by atoms with Gasteiger partial charge in [0.25, 0.3) is 5.56 Å². The Hall–Kier alpha value is -3.19. The fourth-order valence-corrected chi connectivity index (χ4v) is 4.23. The van der Waals surface area contributed by atoms with E-state index in [1.54, 1.807) is 12.1 Å². The Balaban J connectivity index is 2.18. The number of nitrogens with zero attached hydrogens (tertiary/aromatic N) is 5. The van der Waals surface area contributed by atoms with Gasteiger partial charge in [-0.1, -0.05) is 12.1 Å². The van der Waals surface area contributed by atoms with Gasteiger partial charge in [-0.25, -0.2) is 13.2 Å². The molecule has 0 fully saturated rings. The molecule has 26 heavy (non-hydrogen) atoms.